The molecule has 3 heterocycles. The van der Waals surface area contributed by atoms with Gasteiger partial charge in [0.15, 0.2) is 22.9 Å². The number of piperazine rings is 1. The molecule has 26 heavy (non-hydrogen) atoms. The van der Waals surface area contributed by atoms with Crippen molar-refractivity contribution in [3.8, 4) is 0 Å². The average Bonchev–Trinajstić information content (AvgIpc) is 3.11. The smallest absolute Gasteiger partial charge is 0.437 e. The zero-order valence-electron chi connectivity index (χ0n) is 13.1. The van der Waals surface area contributed by atoms with E-state index in [9.17, 15) is 22.8 Å². The van der Waals surface area contributed by atoms with Crippen molar-refractivity contribution in [3.63, 3.8) is 0 Å². The Labute approximate surface area is 143 Å². The highest BCUT2D eigenvalue weighted by atomic mass is 19.4. The number of hydrogen-bond acceptors (Lipinski definition) is 7. The monoisotopic (exact) mass is 371 g/mol. The summed E-state index contributed by atoms with van der Waals surface area (Å²) in [6, 6.07) is 2.78. The number of anilines is 1. The molecule has 138 valence electrons. The van der Waals surface area contributed by atoms with Crippen molar-refractivity contribution < 1.29 is 27.9 Å². The summed E-state index contributed by atoms with van der Waals surface area (Å²) in [5.74, 6) is -1.65. The van der Waals surface area contributed by atoms with Crippen LogP contribution in [0, 0.1) is 0 Å². The predicted molar refractivity (Wildman–Crippen MR) is 78.5 cm³/mol. The normalized spacial score (nSPS) is 15.2. The molecule has 10 nitrogen and oxygen atoms in total. The summed E-state index contributed by atoms with van der Waals surface area (Å²) < 4.78 is 38.5. The fraction of sp³-hybridized carbons (Fsp3) is 0.385. The zero-order valence-corrected chi connectivity index (χ0v) is 13.1. The molecule has 1 fully saturated rings. The standard InChI is InChI=1S/C13H12F3N7O3/c14-13(15,16)10-9(19-21-20-10)11(24)23-5-3-22(4-6-23)8-2-1-7(12(25)26)17-18-8/h1-2H,3-6H2,(H,25,26)(H,19,20,21). The first-order chi connectivity index (χ1) is 12.3. The van der Waals surface area contributed by atoms with E-state index in [1.54, 1.807) is 4.90 Å². The second-order valence-corrected chi connectivity index (χ2v) is 5.38. The third-order valence-electron chi connectivity index (χ3n) is 3.78. The van der Waals surface area contributed by atoms with Crippen molar-refractivity contribution in [3.05, 3.63) is 29.2 Å². The number of alkyl halides is 3. The summed E-state index contributed by atoms with van der Waals surface area (Å²) >= 11 is 0. The number of halogens is 3. The van der Waals surface area contributed by atoms with Gasteiger partial charge < -0.3 is 14.9 Å². The van der Waals surface area contributed by atoms with Crippen LogP contribution in [0.4, 0.5) is 19.0 Å². The lowest BCUT2D eigenvalue weighted by molar-refractivity contribution is -0.141. The molecule has 3 rings (SSSR count). The molecule has 1 saturated heterocycles. The van der Waals surface area contributed by atoms with E-state index in [0.29, 0.717) is 18.9 Å². The maximum Gasteiger partial charge on any atom is 0.437 e. The molecule has 0 aliphatic carbocycles. The first-order valence-corrected chi connectivity index (χ1v) is 7.36. The quantitative estimate of drug-likeness (QED) is 0.787. The first-order valence-electron chi connectivity index (χ1n) is 7.36. The molecule has 0 aromatic carbocycles. The van der Waals surface area contributed by atoms with Crippen LogP contribution in [-0.4, -0.2) is 73.7 Å². The van der Waals surface area contributed by atoms with Gasteiger partial charge in [0.1, 0.15) is 0 Å². The number of rotatable bonds is 3. The number of amides is 1. The van der Waals surface area contributed by atoms with E-state index >= 15 is 0 Å². The molecule has 1 aliphatic rings. The molecule has 1 amide bonds. The van der Waals surface area contributed by atoms with Crippen LogP contribution in [0.15, 0.2) is 12.1 Å². The number of aromatic amines is 1. The van der Waals surface area contributed by atoms with E-state index in [1.165, 1.54) is 17.0 Å². The zero-order chi connectivity index (χ0) is 18.9. The molecule has 0 bridgehead atoms. The predicted octanol–water partition coefficient (Wildman–Crippen LogP) is 0.274. The van der Waals surface area contributed by atoms with Crippen molar-refractivity contribution in [1.29, 1.82) is 0 Å². The maximum absolute atomic E-state index is 12.8. The van der Waals surface area contributed by atoms with Crippen LogP contribution >= 0.6 is 0 Å². The largest absolute Gasteiger partial charge is 0.476 e. The van der Waals surface area contributed by atoms with Crippen molar-refractivity contribution in [2.24, 2.45) is 0 Å². The maximum atomic E-state index is 12.8. The molecular weight excluding hydrogens is 359 g/mol. The van der Waals surface area contributed by atoms with Crippen LogP contribution < -0.4 is 4.90 Å². The number of carboxylic acid groups (broad SMARTS) is 1. The van der Waals surface area contributed by atoms with Gasteiger partial charge in [0.2, 0.25) is 0 Å². The number of carbonyl (C=O) groups excluding carboxylic acids is 1. The summed E-state index contributed by atoms with van der Waals surface area (Å²) in [6.07, 6.45) is -4.78. The van der Waals surface area contributed by atoms with Gasteiger partial charge in [-0.3, -0.25) is 4.79 Å². The van der Waals surface area contributed by atoms with E-state index in [1.807, 2.05) is 5.21 Å². The highest BCUT2D eigenvalue weighted by molar-refractivity contribution is 5.93. The number of nitrogens with zero attached hydrogens (tertiary/aromatic N) is 6. The highest BCUT2D eigenvalue weighted by Crippen LogP contribution is 2.29. The van der Waals surface area contributed by atoms with E-state index in [0.717, 1.165) is 0 Å². The van der Waals surface area contributed by atoms with Crippen LogP contribution in [0.1, 0.15) is 26.7 Å². The van der Waals surface area contributed by atoms with Crippen molar-refractivity contribution in [2.45, 2.75) is 6.18 Å². The Balaban J connectivity index is 1.66. The van der Waals surface area contributed by atoms with E-state index in [2.05, 4.69) is 20.4 Å². The molecule has 0 radical (unpaired) electrons. The molecule has 0 saturated carbocycles. The lowest BCUT2D eigenvalue weighted by Gasteiger charge is -2.34. The Morgan fingerprint density at radius 2 is 1.77 bits per heavy atom. The van der Waals surface area contributed by atoms with Crippen LogP contribution in [0.2, 0.25) is 0 Å². The molecule has 0 spiro atoms. The average molecular weight is 371 g/mol. The minimum absolute atomic E-state index is 0.144. The third kappa shape index (κ3) is 3.41. The molecule has 2 aromatic heterocycles. The van der Waals surface area contributed by atoms with Crippen LogP contribution in [0.3, 0.4) is 0 Å². The summed E-state index contributed by atoms with van der Waals surface area (Å²) in [6.45, 7) is 0.884. The van der Waals surface area contributed by atoms with Gasteiger partial charge >= 0.3 is 12.1 Å². The van der Waals surface area contributed by atoms with Gasteiger partial charge in [-0.1, -0.05) is 0 Å². The molecule has 2 aromatic rings. The number of hydrogen-bond donors (Lipinski definition) is 2. The molecule has 13 heteroatoms. The van der Waals surface area contributed by atoms with Gasteiger partial charge in [-0.05, 0) is 12.1 Å². The van der Waals surface area contributed by atoms with Gasteiger partial charge in [-0.2, -0.15) is 28.6 Å². The Hall–Kier alpha value is -3.25. The highest BCUT2D eigenvalue weighted by Gasteiger charge is 2.41. The molecule has 1 aliphatic heterocycles. The SMILES string of the molecule is O=C(O)c1ccc(N2CCN(C(=O)c3n[nH]nc3C(F)(F)F)CC2)nn1. The molecule has 2 N–H and O–H groups in total. The topological polar surface area (TPSA) is 128 Å². The molecule has 0 unspecified atom stereocenters. The van der Waals surface area contributed by atoms with Crippen LogP contribution in [0.5, 0.6) is 0 Å². The van der Waals surface area contributed by atoms with Crippen molar-refractivity contribution in [1.82, 2.24) is 30.5 Å². The fourth-order valence-electron chi connectivity index (χ4n) is 2.47. The van der Waals surface area contributed by atoms with Crippen LogP contribution in [-0.2, 0) is 6.18 Å². The van der Waals surface area contributed by atoms with Gasteiger partial charge in [0.25, 0.3) is 5.91 Å². The summed E-state index contributed by atoms with van der Waals surface area (Å²) in [7, 11) is 0. The first kappa shape index (κ1) is 17.6. The Morgan fingerprint density at radius 1 is 1.08 bits per heavy atom. The lowest BCUT2D eigenvalue weighted by atomic mass is 10.2. The van der Waals surface area contributed by atoms with Gasteiger partial charge in [0.05, 0.1) is 0 Å². The summed E-state index contributed by atoms with van der Waals surface area (Å²) in [5, 5.41) is 24.3. The number of nitrogens with one attached hydrogen (secondary N) is 1. The molecular formula is C13H12F3N7O3. The van der Waals surface area contributed by atoms with Gasteiger partial charge in [-0.25, -0.2) is 4.79 Å². The van der Waals surface area contributed by atoms with E-state index < -0.39 is 29.4 Å². The van der Waals surface area contributed by atoms with E-state index in [-0.39, 0.29) is 18.8 Å². The van der Waals surface area contributed by atoms with Crippen molar-refractivity contribution >= 4 is 17.7 Å². The van der Waals surface area contributed by atoms with Crippen molar-refractivity contribution in [2.75, 3.05) is 31.1 Å². The summed E-state index contributed by atoms with van der Waals surface area (Å²) in [4.78, 5) is 26.0. The van der Waals surface area contributed by atoms with Crippen LogP contribution in [0.25, 0.3) is 0 Å². The molecule has 0 atom stereocenters. The second kappa shape index (κ2) is 6.57. The minimum atomic E-state index is -4.78. The van der Waals surface area contributed by atoms with E-state index in [4.69, 9.17) is 5.11 Å². The summed E-state index contributed by atoms with van der Waals surface area (Å²) in [5.41, 5.74) is -2.31. The number of aromatic carboxylic acids is 1. The van der Waals surface area contributed by atoms with Gasteiger partial charge in [0, 0.05) is 26.2 Å². The third-order valence-corrected chi connectivity index (χ3v) is 3.78. The lowest BCUT2D eigenvalue weighted by Crippen LogP contribution is -2.49. The number of carboxylic acids is 1. The fourth-order valence-corrected chi connectivity index (χ4v) is 2.47. The van der Waals surface area contributed by atoms with Gasteiger partial charge in [-0.15, -0.1) is 10.2 Å². The second-order valence-electron chi connectivity index (χ2n) is 5.38. The minimum Gasteiger partial charge on any atom is -0.476 e. The number of aromatic nitrogens is 5. The number of H-pyrrole nitrogens is 1. The Bertz CT molecular complexity index is 813. The Kier molecular flexibility index (Phi) is 4.44. The number of carbonyl (C=O) groups is 2. The Morgan fingerprint density at radius 3 is 2.31 bits per heavy atom.